The van der Waals surface area contributed by atoms with Crippen LogP contribution in [0.2, 0.25) is 18.6 Å². The van der Waals surface area contributed by atoms with E-state index < -0.39 is 37.6 Å². The predicted molar refractivity (Wildman–Crippen MR) is 158 cm³/mol. The third-order valence-corrected chi connectivity index (χ3v) is 12.0. The third-order valence-electron chi connectivity index (χ3n) is 9.51. The molecule has 0 bridgehead atoms. The van der Waals surface area contributed by atoms with E-state index in [1.54, 1.807) is 14.7 Å². The van der Waals surface area contributed by atoms with Gasteiger partial charge in [0.2, 0.25) is 5.91 Å². The number of amides is 3. The Balaban J connectivity index is 1.43. The Bertz CT molecular complexity index is 1380. The van der Waals surface area contributed by atoms with Gasteiger partial charge in [0.25, 0.3) is 5.91 Å². The smallest absolute Gasteiger partial charge is 0.414 e. The normalized spacial score (nSPS) is 29.1. The number of anilines is 2. The number of aliphatic hydroxyl groups is 1. The van der Waals surface area contributed by atoms with Gasteiger partial charge in [0, 0.05) is 29.3 Å². The third kappa shape index (κ3) is 4.63. The van der Waals surface area contributed by atoms with Crippen LogP contribution < -0.4 is 9.80 Å². The fraction of sp³-hybridized carbons (Fsp3) is 0.516. The summed E-state index contributed by atoms with van der Waals surface area (Å²) in [6, 6.07) is 15.0. The van der Waals surface area contributed by atoms with E-state index in [1.807, 2.05) is 68.5 Å². The molecule has 2 aromatic carbocycles. The van der Waals surface area contributed by atoms with Crippen LogP contribution >= 0.6 is 0 Å². The topological polar surface area (TPSA) is 120 Å². The van der Waals surface area contributed by atoms with Gasteiger partial charge in [-0.05, 0) is 49.7 Å². The van der Waals surface area contributed by atoms with Gasteiger partial charge in [-0.15, -0.1) is 0 Å². The van der Waals surface area contributed by atoms with Gasteiger partial charge >= 0.3 is 6.09 Å². The van der Waals surface area contributed by atoms with E-state index in [0.717, 1.165) is 18.4 Å². The van der Waals surface area contributed by atoms with Crippen molar-refractivity contribution >= 4 is 37.6 Å². The van der Waals surface area contributed by atoms with E-state index >= 15 is 0 Å². The Hall–Kier alpha value is -3.25. The largest absolute Gasteiger partial charge is 0.447 e. The van der Waals surface area contributed by atoms with Gasteiger partial charge in [-0.1, -0.05) is 37.3 Å². The molecule has 0 saturated carbocycles. The first-order valence-electron chi connectivity index (χ1n) is 14.8. The van der Waals surface area contributed by atoms with Crippen LogP contribution in [0.3, 0.4) is 0 Å². The fourth-order valence-corrected chi connectivity index (χ4v) is 10.2. The number of carbonyl (C=O) groups is 3. The Labute approximate surface area is 246 Å². The Kier molecular flexibility index (Phi) is 7.41. The molecule has 5 atom stereocenters. The Morgan fingerprint density at radius 1 is 1.12 bits per heavy atom. The molecule has 3 fully saturated rings. The van der Waals surface area contributed by atoms with E-state index in [0.29, 0.717) is 36.6 Å². The van der Waals surface area contributed by atoms with E-state index in [1.165, 1.54) is 0 Å². The van der Waals surface area contributed by atoms with Crippen molar-refractivity contribution in [2.24, 2.45) is 5.92 Å². The average Bonchev–Trinajstić information content (AvgIpc) is 3.72. The number of nitrogens with zero attached hydrogens (tertiary/aromatic N) is 3. The molecular weight excluding hydrogens is 554 g/mol. The van der Waals surface area contributed by atoms with E-state index in [2.05, 4.69) is 0 Å². The van der Waals surface area contributed by atoms with Crippen molar-refractivity contribution in [3.8, 4) is 0 Å². The maximum absolute atomic E-state index is 14.7. The summed E-state index contributed by atoms with van der Waals surface area (Å²) < 4.78 is 12.0. The van der Waals surface area contributed by atoms with Gasteiger partial charge in [-0.3, -0.25) is 14.5 Å². The lowest BCUT2D eigenvalue weighted by Gasteiger charge is -2.33. The van der Waals surface area contributed by atoms with E-state index in [4.69, 9.17) is 9.47 Å². The summed E-state index contributed by atoms with van der Waals surface area (Å²) in [6.07, 6.45) is 0.468. The van der Waals surface area contributed by atoms with Gasteiger partial charge in [-0.25, -0.2) is 4.79 Å². The minimum absolute atomic E-state index is 0.0175. The van der Waals surface area contributed by atoms with Gasteiger partial charge in [0.05, 0.1) is 44.0 Å². The van der Waals surface area contributed by atoms with Crippen molar-refractivity contribution in [2.75, 3.05) is 36.1 Å². The first-order valence-corrected chi connectivity index (χ1v) is 17.8. The SMILES string of the molecule is C[C@@H]1[C@@H]([Si](C)(C)O)[C@H](CC(=O)N2CCC[C@H]2CO)O[C@@]12C(=O)N(Cc1ccccc1)c1ccc(N3CCOC3=O)cc12. The molecule has 0 aliphatic carbocycles. The number of ether oxygens (including phenoxy) is 2. The number of aliphatic hydroxyl groups excluding tert-OH is 1. The van der Waals surface area contributed by atoms with Crippen LogP contribution in [-0.4, -0.2) is 79.5 Å². The number of hydrogen-bond donors (Lipinski definition) is 2. The Morgan fingerprint density at radius 3 is 2.55 bits per heavy atom. The molecule has 4 heterocycles. The van der Waals surface area contributed by atoms with Crippen molar-refractivity contribution in [1.29, 1.82) is 0 Å². The summed E-state index contributed by atoms with van der Waals surface area (Å²) in [4.78, 5) is 57.2. The molecule has 224 valence electrons. The van der Waals surface area contributed by atoms with Crippen LogP contribution in [0.25, 0.3) is 0 Å². The molecule has 6 rings (SSSR count). The van der Waals surface area contributed by atoms with Gasteiger partial charge < -0.3 is 29.2 Å². The van der Waals surface area contributed by atoms with Crippen molar-refractivity contribution in [3.05, 3.63) is 59.7 Å². The van der Waals surface area contributed by atoms with Crippen molar-refractivity contribution < 1.29 is 33.8 Å². The zero-order chi connectivity index (χ0) is 29.8. The van der Waals surface area contributed by atoms with Crippen LogP contribution in [0, 0.1) is 5.92 Å². The molecule has 0 unspecified atom stereocenters. The number of cyclic esters (lactones) is 1. The quantitative estimate of drug-likeness (QED) is 0.473. The second kappa shape index (κ2) is 10.8. The maximum Gasteiger partial charge on any atom is 0.414 e. The lowest BCUT2D eigenvalue weighted by atomic mass is 9.82. The van der Waals surface area contributed by atoms with Gasteiger partial charge in [0.15, 0.2) is 13.9 Å². The van der Waals surface area contributed by atoms with E-state index in [9.17, 15) is 24.3 Å². The second-order valence-electron chi connectivity index (χ2n) is 12.5. The molecule has 4 aliphatic rings. The highest BCUT2D eigenvalue weighted by Gasteiger charge is 2.66. The standard InChI is InChI=1S/C31H39N3O7Si/c1-20-28(42(2,3)39)26(17-27(36)32-13-7-10-23(32)19-35)41-31(20)24-16-22(33-14-15-40-30(33)38)11-12-25(24)34(29(31)37)18-21-8-5-4-6-9-21/h4-6,8-9,11-12,16,20,23,26,28,35,39H,7,10,13-15,17-19H2,1-3H3/t20-,23+,26+,28-,31+/m1/s1. The lowest BCUT2D eigenvalue weighted by Crippen LogP contribution is -2.46. The number of benzene rings is 2. The molecule has 11 heteroatoms. The monoisotopic (exact) mass is 593 g/mol. The van der Waals surface area contributed by atoms with Crippen LogP contribution in [0.15, 0.2) is 48.5 Å². The molecule has 3 amide bonds. The highest BCUT2D eigenvalue weighted by atomic mass is 28.4. The number of fused-ring (bicyclic) bond motifs is 2. The molecule has 2 aromatic rings. The molecule has 4 aliphatic heterocycles. The second-order valence-corrected chi connectivity index (χ2v) is 16.4. The molecule has 3 saturated heterocycles. The molecular formula is C31H39N3O7Si. The summed E-state index contributed by atoms with van der Waals surface area (Å²) >= 11 is 0. The summed E-state index contributed by atoms with van der Waals surface area (Å²) in [6.45, 7) is 7.11. The molecule has 42 heavy (non-hydrogen) atoms. The number of rotatable bonds is 7. The molecule has 2 N–H and O–H groups in total. The molecule has 1 spiro atoms. The fourth-order valence-electron chi connectivity index (χ4n) is 7.63. The minimum atomic E-state index is -2.97. The van der Waals surface area contributed by atoms with E-state index in [-0.39, 0.29) is 37.5 Å². The summed E-state index contributed by atoms with van der Waals surface area (Å²) in [5, 5.41) is 9.82. The number of carbonyl (C=O) groups excluding carboxylic acids is 3. The minimum Gasteiger partial charge on any atom is -0.447 e. The van der Waals surface area contributed by atoms with Crippen LogP contribution in [0.1, 0.15) is 37.3 Å². The summed E-state index contributed by atoms with van der Waals surface area (Å²) in [7, 11) is -2.97. The zero-order valence-corrected chi connectivity index (χ0v) is 25.4. The van der Waals surface area contributed by atoms with Gasteiger partial charge in [-0.2, -0.15) is 0 Å². The maximum atomic E-state index is 14.7. The van der Waals surface area contributed by atoms with Crippen LogP contribution in [0.4, 0.5) is 16.2 Å². The number of hydrogen-bond acceptors (Lipinski definition) is 7. The van der Waals surface area contributed by atoms with Crippen LogP contribution in [-0.2, 0) is 31.2 Å². The summed E-state index contributed by atoms with van der Waals surface area (Å²) in [5.41, 5.74) is 1.05. The number of likely N-dealkylation sites (tertiary alicyclic amines) is 1. The lowest BCUT2D eigenvalue weighted by molar-refractivity contribution is -0.150. The molecule has 10 nitrogen and oxygen atoms in total. The predicted octanol–water partition coefficient (Wildman–Crippen LogP) is 3.36. The van der Waals surface area contributed by atoms with Crippen molar-refractivity contribution in [3.63, 3.8) is 0 Å². The average molecular weight is 594 g/mol. The highest BCUT2D eigenvalue weighted by molar-refractivity contribution is 6.71. The highest BCUT2D eigenvalue weighted by Crippen LogP contribution is 2.60. The van der Waals surface area contributed by atoms with Crippen molar-refractivity contribution in [2.45, 2.75) is 69.1 Å². The summed E-state index contributed by atoms with van der Waals surface area (Å²) in [5.74, 6) is -0.811. The van der Waals surface area contributed by atoms with Gasteiger partial charge in [0.1, 0.15) is 6.61 Å². The first-order chi connectivity index (χ1) is 20.1. The zero-order valence-electron chi connectivity index (χ0n) is 24.4. The Morgan fingerprint density at radius 2 is 1.88 bits per heavy atom. The molecule has 0 radical (unpaired) electrons. The van der Waals surface area contributed by atoms with Crippen molar-refractivity contribution in [1.82, 2.24) is 4.90 Å². The van der Waals surface area contributed by atoms with Crippen LogP contribution in [0.5, 0.6) is 0 Å². The first kappa shape index (κ1) is 28.8. The molecule has 0 aromatic heterocycles.